The Hall–Kier alpha value is -3.48. The minimum atomic E-state index is -0.265. The topological polar surface area (TPSA) is 86.5 Å². The molecule has 130 valence electrons. The summed E-state index contributed by atoms with van der Waals surface area (Å²) in [4.78, 5) is 19.6. The molecular weight excluding hydrogens is 333 g/mol. The van der Waals surface area contributed by atoms with Crippen molar-refractivity contribution in [3.8, 4) is 11.4 Å². The molecule has 7 heteroatoms. The van der Waals surface area contributed by atoms with Crippen molar-refractivity contribution in [3.05, 3.63) is 71.8 Å². The summed E-state index contributed by atoms with van der Waals surface area (Å²) in [5.41, 5.74) is 3.66. The van der Waals surface area contributed by atoms with Gasteiger partial charge in [-0.15, -0.1) is 0 Å². The van der Waals surface area contributed by atoms with E-state index in [2.05, 4.69) is 25.5 Å². The number of aromatic nitrogens is 4. The SMILES string of the molecule is O=C(NCCc1ccc(F)cc1)c1c[nH]c(-c2n[nH]c3ncccc23)c1. The van der Waals surface area contributed by atoms with Crippen LogP contribution in [0.2, 0.25) is 0 Å². The Morgan fingerprint density at radius 1 is 1.19 bits per heavy atom. The maximum Gasteiger partial charge on any atom is 0.252 e. The first kappa shape index (κ1) is 16.0. The van der Waals surface area contributed by atoms with Gasteiger partial charge in [0.25, 0.3) is 5.91 Å². The largest absolute Gasteiger partial charge is 0.359 e. The molecule has 1 aromatic carbocycles. The summed E-state index contributed by atoms with van der Waals surface area (Å²) in [7, 11) is 0. The van der Waals surface area contributed by atoms with Crippen LogP contribution in [0.5, 0.6) is 0 Å². The molecule has 0 radical (unpaired) electrons. The lowest BCUT2D eigenvalue weighted by Crippen LogP contribution is -2.25. The fraction of sp³-hybridized carbons (Fsp3) is 0.105. The van der Waals surface area contributed by atoms with Gasteiger partial charge in [0.15, 0.2) is 5.65 Å². The standard InChI is InChI=1S/C19H16FN5O/c20-14-5-3-12(4-6-14)7-9-22-19(26)13-10-16(23-11-13)17-15-2-1-8-21-18(15)25-24-17/h1-6,8,10-11,23H,7,9H2,(H,22,26)(H,21,24,25). The Bertz CT molecular complexity index is 1050. The van der Waals surface area contributed by atoms with Gasteiger partial charge in [0, 0.05) is 24.3 Å². The van der Waals surface area contributed by atoms with Crippen LogP contribution in [0.25, 0.3) is 22.4 Å². The van der Waals surface area contributed by atoms with Crippen molar-refractivity contribution in [2.45, 2.75) is 6.42 Å². The predicted molar refractivity (Wildman–Crippen MR) is 96.1 cm³/mol. The Morgan fingerprint density at radius 3 is 2.88 bits per heavy atom. The van der Waals surface area contributed by atoms with E-state index >= 15 is 0 Å². The van der Waals surface area contributed by atoms with E-state index in [0.29, 0.717) is 24.2 Å². The molecule has 0 atom stereocenters. The second kappa shape index (κ2) is 6.79. The molecule has 3 N–H and O–H groups in total. The molecule has 0 saturated heterocycles. The second-order valence-electron chi connectivity index (χ2n) is 5.91. The van der Waals surface area contributed by atoms with Crippen LogP contribution in [0.1, 0.15) is 15.9 Å². The number of carbonyl (C=O) groups excluding carboxylic acids is 1. The number of hydrogen-bond donors (Lipinski definition) is 3. The number of benzene rings is 1. The van der Waals surface area contributed by atoms with Gasteiger partial charge in [-0.05, 0) is 42.3 Å². The summed E-state index contributed by atoms with van der Waals surface area (Å²) in [6, 6.07) is 11.8. The van der Waals surface area contributed by atoms with E-state index in [1.54, 1.807) is 30.6 Å². The molecule has 4 aromatic rings. The maximum absolute atomic E-state index is 12.9. The number of amides is 1. The Kier molecular flexibility index (Phi) is 4.18. The van der Waals surface area contributed by atoms with Crippen molar-refractivity contribution in [2.75, 3.05) is 6.54 Å². The molecule has 6 nitrogen and oxygen atoms in total. The highest BCUT2D eigenvalue weighted by atomic mass is 19.1. The lowest BCUT2D eigenvalue weighted by atomic mass is 10.1. The normalized spacial score (nSPS) is 11.0. The zero-order chi connectivity index (χ0) is 17.9. The average molecular weight is 349 g/mol. The molecule has 3 aromatic heterocycles. The minimum Gasteiger partial charge on any atom is -0.359 e. The fourth-order valence-electron chi connectivity index (χ4n) is 2.80. The van der Waals surface area contributed by atoms with E-state index in [9.17, 15) is 9.18 Å². The van der Waals surface area contributed by atoms with E-state index in [4.69, 9.17) is 0 Å². The molecule has 26 heavy (non-hydrogen) atoms. The zero-order valence-corrected chi connectivity index (χ0v) is 13.8. The number of H-pyrrole nitrogens is 2. The monoisotopic (exact) mass is 349 g/mol. The number of rotatable bonds is 5. The van der Waals surface area contributed by atoms with Crippen molar-refractivity contribution in [3.63, 3.8) is 0 Å². The van der Waals surface area contributed by atoms with E-state index in [1.165, 1.54) is 12.1 Å². The lowest BCUT2D eigenvalue weighted by Gasteiger charge is -2.04. The predicted octanol–water partition coefficient (Wildman–Crippen LogP) is 3.06. The molecule has 0 aliphatic carbocycles. The highest BCUT2D eigenvalue weighted by Gasteiger charge is 2.13. The van der Waals surface area contributed by atoms with Gasteiger partial charge in [0.05, 0.1) is 11.3 Å². The van der Waals surface area contributed by atoms with Gasteiger partial charge in [-0.3, -0.25) is 9.89 Å². The third-order valence-corrected chi connectivity index (χ3v) is 4.15. The van der Waals surface area contributed by atoms with Crippen molar-refractivity contribution in [1.29, 1.82) is 0 Å². The van der Waals surface area contributed by atoms with Gasteiger partial charge in [-0.1, -0.05) is 12.1 Å². The van der Waals surface area contributed by atoms with E-state index in [1.807, 2.05) is 12.1 Å². The number of nitrogens with one attached hydrogen (secondary N) is 3. The van der Waals surface area contributed by atoms with Crippen LogP contribution in [-0.4, -0.2) is 32.6 Å². The quantitative estimate of drug-likeness (QED) is 0.517. The van der Waals surface area contributed by atoms with Crippen LogP contribution in [0.4, 0.5) is 4.39 Å². The van der Waals surface area contributed by atoms with E-state index in [-0.39, 0.29) is 11.7 Å². The van der Waals surface area contributed by atoms with Gasteiger partial charge in [-0.25, -0.2) is 9.37 Å². The first-order valence-electron chi connectivity index (χ1n) is 8.21. The van der Waals surface area contributed by atoms with Crippen molar-refractivity contribution >= 4 is 16.9 Å². The Morgan fingerprint density at radius 2 is 2.04 bits per heavy atom. The molecule has 1 amide bonds. The summed E-state index contributed by atoms with van der Waals surface area (Å²) in [5, 5.41) is 10.9. The van der Waals surface area contributed by atoms with Gasteiger partial charge in [0.1, 0.15) is 11.5 Å². The lowest BCUT2D eigenvalue weighted by molar-refractivity contribution is 0.0954. The van der Waals surface area contributed by atoms with Crippen LogP contribution < -0.4 is 5.32 Å². The average Bonchev–Trinajstić information content (AvgIpc) is 3.30. The molecule has 0 fully saturated rings. The first-order chi connectivity index (χ1) is 12.7. The van der Waals surface area contributed by atoms with Gasteiger partial charge >= 0.3 is 0 Å². The van der Waals surface area contributed by atoms with Crippen LogP contribution in [0.15, 0.2) is 54.9 Å². The van der Waals surface area contributed by atoms with E-state index < -0.39 is 0 Å². The smallest absolute Gasteiger partial charge is 0.252 e. The number of hydrogen-bond acceptors (Lipinski definition) is 3. The third kappa shape index (κ3) is 3.19. The van der Waals surface area contributed by atoms with Gasteiger partial charge < -0.3 is 10.3 Å². The summed E-state index contributed by atoms with van der Waals surface area (Å²) < 4.78 is 12.9. The first-order valence-corrected chi connectivity index (χ1v) is 8.21. The number of aromatic amines is 2. The molecular formula is C19H16FN5O. The number of pyridine rings is 1. The highest BCUT2D eigenvalue weighted by molar-refractivity contribution is 5.97. The number of nitrogens with zero attached hydrogens (tertiary/aromatic N) is 2. The van der Waals surface area contributed by atoms with Crippen molar-refractivity contribution < 1.29 is 9.18 Å². The highest BCUT2D eigenvalue weighted by Crippen LogP contribution is 2.24. The number of halogens is 1. The molecule has 0 spiro atoms. The number of carbonyl (C=O) groups is 1. The fourth-order valence-corrected chi connectivity index (χ4v) is 2.80. The van der Waals surface area contributed by atoms with Crippen LogP contribution in [-0.2, 0) is 6.42 Å². The summed E-state index contributed by atoms with van der Waals surface area (Å²) in [6.07, 6.45) is 3.98. The second-order valence-corrected chi connectivity index (χ2v) is 5.91. The molecule has 4 rings (SSSR count). The summed E-state index contributed by atoms with van der Waals surface area (Å²) in [5.74, 6) is -0.439. The summed E-state index contributed by atoms with van der Waals surface area (Å²) in [6.45, 7) is 0.472. The van der Waals surface area contributed by atoms with Crippen molar-refractivity contribution in [1.82, 2.24) is 25.5 Å². The molecule has 0 unspecified atom stereocenters. The Balaban J connectivity index is 1.42. The molecule has 3 heterocycles. The third-order valence-electron chi connectivity index (χ3n) is 4.15. The number of fused-ring (bicyclic) bond motifs is 1. The Labute approximate surface area is 148 Å². The van der Waals surface area contributed by atoms with Gasteiger partial charge in [-0.2, -0.15) is 5.10 Å². The van der Waals surface area contributed by atoms with Crippen LogP contribution >= 0.6 is 0 Å². The molecule has 0 saturated carbocycles. The van der Waals surface area contributed by atoms with Gasteiger partial charge in [0.2, 0.25) is 0 Å². The summed E-state index contributed by atoms with van der Waals surface area (Å²) >= 11 is 0. The zero-order valence-electron chi connectivity index (χ0n) is 13.8. The van der Waals surface area contributed by atoms with Crippen molar-refractivity contribution in [2.24, 2.45) is 0 Å². The molecule has 0 aliphatic rings. The van der Waals surface area contributed by atoms with Crippen LogP contribution in [0.3, 0.4) is 0 Å². The van der Waals surface area contributed by atoms with Crippen LogP contribution in [0, 0.1) is 5.82 Å². The molecule has 0 bridgehead atoms. The molecule has 0 aliphatic heterocycles. The maximum atomic E-state index is 12.9. The minimum absolute atomic E-state index is 0.174. The van der Waals surface area contributed by atoms with E-state index in [0.717, 1.165) is 22.3 Å².